The zero-order valence-corrected chi connectivity index (χ0v) is 11.7. The Morgan fingerprint density at radius 2 is 2.00 bits per heavy atom. The van der Waals surface area contributed by atoms with Gasteiger partial charge in [-0.1, -0.05) is 19.1 Å². The lowest BCUT2D eigenvalue weighted by Gasteiger charge is -2.07. The van der Waals surface area contributed by atoms with E-state index in [1.807, 2.05) is 43.3 Å². The van der Waals surface area contributed by atoms with Crippen molar-refractivity contribution in [3.8, 4) is 5.75 Å². The number of pyridine rings is 1. The summed E-state index contributed by atoms with van der Waals surface area (Å²) in [5.74, 6) is 1.01. The van der Waals surface area contributed by atoms with Crippen LogP contribution in [0.3, 0.4) is 0 Å². The molecule has 4 nitrogen and oxygen atoms in total. The van der Waals surface area contributed by atoms with E-state index >= 15 is 0 Å². The van der Waals surface area contributed by atoms with Gasteiger partial charge >= 0.3 is 0 Å². The van der Waals surface area contributed by atoms with E-state index in [4.69, 9.17) is 4.74 Å². The van der Waals surface area contributed by atoms with Gasteiger partial charge in [-0.2, -0.15) is 0 Å². The minimum Gasteiger partial charge on any atom is -0.484 e. The van der Waals surface area contributed by atoms with Crippen molar-refractivity contribution in [3.05, 3.63) is 53.7 Å². The van der Waals surface area contributed by atoms with Crippen LogP contribution in [0.2, 0.25) is 0 Å². The molecule has 1 N–H and O–H groups in total. The molecular weight excluding hydrogens is 252 g/mol. The maximum Gasteiger partial charge on any atom is 0.263 e. The number of benzene rings is 1. The van der Waals surface area contributed by atoms with Gasteiger partial charge in [-0.15, -0.1) is 0 Å². The van der Waals surface area contributed by atoms with Crippen LogP contribution >= 0.6 is 0 Å². The highest BCUT2D eigenvalue weighted by molar-refractivity contribution is 5.90. The molecule has 0 unspecified atom stereocenters. The van der Waals surface area contributed by atoms with Crippen LogP contribution < -0.4 is 10.1 Å². The van der Waals surface area contributed by atoms with Crippen molar-refractivity contribution >= 4 is 11.7 Å². The Morgan fingerprint density at radius 1 is 1.25 bits per heavy atom. The Hall–Kier alpha value is -2.36. The van der Waals surface area contributed by atoms with Crippen molar-refractivity contribution in [3.63, 3.8) is 0 Å². The first kappa shape index (κ1) is 14.1. The van der Waals surface area contributed by atoms with Crippen LogP contribution in [-0.2, 0) is 11.2 Å². The molecule has 4 heteroatoms. The second kappa shape index (κ2) is 6.70. The fraction of sp³-hybridized carbons (Fsp3) is 0.250. The molecule has 2 rings (SSSR count). The summed E-state index contributed by atoms with van der Waals surface area (Å²) in [6.07, 6.45) is 2.65. The SMILES string of the molecule is CCc1ccc(OCC(=O)Nc2cc(C)ccn2)cc1. The van der Waals surface area contributed by atoms with Crippen LogP contribution in [0.5, 0.6) is 5.75 Å². The second-order valence-corrected chi connectivity index (χ2v) is 4.55. The average molecular weight is 270 g/mol. The average Bonchev–Trinajstić information content (AvgIpc) is 2.46. The van der Waals surface area contributed by atoms with Gasteiger partial charge in [0.1, 0.15) is 11.6 Å². The molecule has 0 saturated carbocycles. The number of ether oxygens (including phenoxy) is 1. The minimum absolute atomic E-state index is 0.0267. The van der Waals surface area contributed by atoms with Gasteiger partial charge < -0.3 is 10.1 Å². The number of hydrogen-bond donors (Lipinski definition) is 1. The lowest BCUT2D eigenvalue weighted by atomic mass is 10.2. The zero-order valence-electron chi connectivity index (χ0n) is 11.7. The van der Waals surface area contributed by atoms with Gasteiger partial charge in [0.2, 0.25) is 0 Å². The highest BCUT2D eigenvalue weighted by Crippen LogP contribution is 2.12. The first-order chi connectivity index (χ1) is 9.67. The monoisotopic (exact) mass is 270 g/mol. The molecule has 1 aromatic heterocycles. The quantitative estimate of drug-likeness (QED) is 0.908. The van der Waals surface area contributed by atoms with Crippen LogP contribution in [0.15, 0.2) is 42.6 Å². The molecule has 0 aliphatic carbocycles. The fourth-order valence-corrected chi connectivity index (χ4v) is 1.75. The molecule has 0 aliphatic rings. The normalized spacial score (nSPS) is 10.1. The number of carbonyl (C=O) groups is 1. The van der Waals surface area contributed by atoms with Crippen LogP contribution in [0.25, 0.3) is 0 Å². The van der Waals surface area contributed by atoms with Gasteiger partial charge in [0, 0.05) is 6.20 Å². The number of amides is 1. The molecule has 0 aliphatic heterocycles. The van der Waals surface area contributed by atoms with Gasteiger partial charge in [-0.05, 0) is 48.7 Å². The standard InChI is InChI=1S/C16H18N2O2/c1-3-13-4-6-14(7-5-13)20-11-16(19)18-15-10-12(2)8-9-17-15/h4-10H,3,11H2,1-2H3,(H,17,18,19). The molecule has 1 amide bonds. The summed E-state index contributed by atoms with van der Waals surface area (Å²) in [4.78, 5) is 15.8. The van der Waals surface area contributed by atoms with Crippen molar-refractivity contribution in [1.82, 2.24) is 4.98 Å². The molecule has 0 radical (unpaired) electrons. The molecule has 104 valence electrons. The highest BCUT2D eigenvalue weighted by Gasteiger charge is 2.04. The van der Waals surface area contributed by atoms with Crippen LogP contribution in [0.4, 0.5) is 5.82 Å². The predicted octanol–water partition coefficient (Wildman–Crippen LogP) is 2.97. The second-order valence-electron chi connectivity index (χ2n) is 4.55. The first-order valence-electron chi connectivity index (χ1n) is 6.61. The van der Waals surface area contributed by atoms with Gasteiger partial charge in [-0.25, -0.2) is 4.98 Å². The van der Waals surface area contributed by atoms with Crippen molar-refractivity contribution in [1.29, 1.82) is 0 Å². The summed E-state index contributed by atoms with van der Waals surface area (Å²) in [5, 5.41) is 2.70. The lowest BCUT2D eigenvalue weighted by molar-refractivity contribution is -0.118. The number of nitrogens with zero attached hydrogens (tertiary/aromatic N) is 1. The zero-order chi connectivity index (χ0) is 14.4. The molecule has 0 saturated heterocycles. The Balaban J connectivity index is 1.85. The summed E-state index contributed by atoms with van der Waals surface area (Å²) in [7, 11) is 0. The lowest BCUT2D eigenvalue weighted by Crippen LogP contribution is -2.20. The third-order valence-corrected chi connectivity index (χ3v) is 2.88. The van der Waals surface area contributed by atoms with Gasteiger partial charge in [-0.3, -0.25) is 4.79 Å². The highest BCUT2D eigenvalue weighted by atomic mass is 16.5. The van der Waals surface area contributed by atoms with Crippen LogP contribution in [0, 0.1) is 6.92 Å². The Kier molecular flexibility index (Phi) is 4.71. The predicted molar refractivity (Wildman–Crippen MR) is 78.9 cm³/mol. The van der Waals surface area contributed by atoms with E-state index in [0.717, 1.165) is 12.0 Å². The minimum atomic E-state index is -0.220. The molecule has 1 heterocycles. The maximum absolute atomic E-state index is 11.7. The van der Waals surface area contributed by atoms with E-state index in [1.54, 1.807) is 6.20 Å². The van der Waals surface area contributed by atoms with Gasteiger partial charge in [0.05, 0.1) is 0 Å². The number of carbonyl (C=O) groups excluding carboxylic acids is 1. The van der Waals surface area contributed by atoms with E-state index in [-0.39, 0.29) is 12.5 Å². The maximum atomic E-state index is 11.7. The van der Waals surface area contributed by atoms with Gasteiger partial charge in [0.25, 0.3) is 5.91 Å². The third kappa shape index (κ3) is 4.09. The number of anilines is 1. The van der Waals surface area contributed by atoms with Crippen molar-refractivity contribution in [2.75, 3.05) is 11.9 Å². The number of aromatic nitrogens is 1. The van der Waals surface area contributed by atoms with Crippen molar-refractivity contribution < 1.29 is 9.53 Å². The number of aryl methyl sites for hydroxylation is 2. The molecular formula is C16H18N2O2. The summed E-state index contributed by atoms with van der Waals surface area (Å²) in [6.45, 7) is 4.02. The van der Waals surface area contributed by atoms with E-state index in [9.17, 15) is 4.79 Å². The van der Waals surface area contributed by atoms with Crippen LogP contribution in [-0.4, -0.2) is 17.5 Å². The molecule has 0 spiro atoms. The number of nitrogens with one attached hydrogen (secondary N) is 1. The van der Waals surface area contributed by atoms with E-state index < -0.39 is 0 Å². The van der Waals surface area contributed by atoms with E-state index in [1.165, 1.54) is 5.56 Å². The van der Waals surface area contributed by atoms with E-state index in [0.29, 0.717) is 11.6 Å². The summed E-state index contributed by atoms with van der Waals surface area (Å²) in [5.41, 5.74) is 2.29. The third-order valence-electron chi connectivity index (χ3n) is 2.88. The van der Waals surface area contributed by atoms with Crippen molar-refractivity contribution in [2.45, 2.75) is 20.3 Å². The number of hydrogen-bond acceptors (Lipinski definition) is 3. The fourth-order valence-electron chi connectivity index (χ4n) is 1.75. The Labute approximate surface area is 118 Å². The van der Waals surface area contributed by atoms with Crippen LogP contribution in [0.1, 0.15) is 18.1 Å². The topological polar surface area (TPSA) is 51.2 Å². The molecule has 20 heavy (non-hydrogen) atoms. The van der Waals surface area contributed by atoms with Gasteiger partial charge in [0.15, 0.2) is 6.61 Å². The first-order valence-corrected chi connectivity index (χ1v) is 6.61. The summed E-state index contributed by atoms with van der Waals surface area (Å²) < 4.78 is 5.43. The molecule has 1 aromatic carbocycles. The Bertz CT molecular complexity index is 579. The van der Waals surface area contributed by atoms with Crippen molar-refractivity contribution in [2.24, 2.45) is 0 Å². The van der Waals surface area contributed by atoms with E-state index in [2.05, 4.69) is 17.2 Å². The molecule has 0 bridgehead atoms. The number of rotatable bonds is 5. The molecule has 0 atom stereocenters. The summed E-state index contributed by atoms with van der Waals surface area (Å²) in [6, 6.07) is 11.4. The largest absolute Gasteiger partial charge is 0.484 e. The Morgan fingerprint density at radius 3 is 2.65 bits per heavy atom. The summed E-state index contributed by atoms with van der Waals surface area (Å²) >= 11 is 0. The molecule has 0 fully saturated rings. The smallest absolute Gasteiger partial charge is 0.263 e. The molecule has 2 aromatic rings.